The van der Waals surface area contributed by atoms with Crippen LogP contribution in [0.2, 0.25) is 18.1 Å². The molecule has 0 aromatic heterocycles. The maximum absolute atomic E-state index is 10.7. The smallest absolute Gasteiger partial charge is 0.250 e. The molecule has 2 aliphatic rings. The van der Waals surface area contributed by atoms with Gasteiger partial charge in [0.25, 0.3) is 0 Å². The minimum Gasteiger partial charge on any atom is -0.544 e. The number of hydrogen-bond acceptors (Lipinski definition) is 4. The van der Waals surface area contributed by atoms with Crippen molar-refractivity contribution in [1.82, 2.24) is 0 Å². The standard InChI is InChI=1S/C14H25BrO4Si/c1-13(2,3)20(5,6)19-11-9(15)7-14(16)8-10(17-4)18-12(11)14/h10,12,16H,7-8H2,1-6H3/t10-,12-,14+/m1/s1. The molecule has 6 heteroatoms. The predicted octanol–water partition coefficient (Wildman–Crippen LogP) is 3.51. The first-order valence-electron chi connectivity index (χ1n) is 6.98. The lowest BCUT2D eigenvalue weighted by Gasteiger charge is -2.38. The summed E-state index contributed by atoms with van der Waals surface area (Å²) in [5.74, 6) is 0.763. The van der Waals surface area contributed by atoms with Crippen LogP contribution in [-0.4, -0.2) is 38.5 Å². The molecule has 0 radical (unpaired) electrons. The number of ether oxygens (including phenoxy) is 2. The second-order valence-corrected chi connectivity index (χ2v) is 13.0. The van der Waals surface area contributed by atoms with Crippen molar-refractivity contribution in [3.8, 4) is 0 Å². The van der Waals surface area contributed by atoms with Crippen molar-refractivity contribution in [2.24, 2.45) is 0 Å². The predicted molar refractivity (Wildman–Crippen MR) is 84.1 cm³/mol. The fraction of sp³-hybridized carbons (Fsp3) is 0.857. The molecule has 0 aromatic rings. The summed E-state index contributed by atoms with van der Waals surface area (Å²) in [7, 11) is -0.357. The van der Waals surface area contributed by atoms with Crippen LogP contribution in [0.1, 0.15) is 33.6 Å². The molecule has 1 heterocycles. The van der Waals surface area contributed by atoms with E-state index in [2.05, 4.69) is 49.8 Å². The molecule has 0 aromatic carbocycles. The molecule has 1 fully saturated rings. The molecule has 1 aliphatic heterocycles. The fourth-order valence-electron chi connectivity index (χ4n) is 2.37. The highest BCUT2D eigenvalue weighted by Gasteiger charge is 2.56. The van der Waals surface area contributed by atoms with Crippen molar-refractivity contribution in [2.75, 3.05) is 7.11 Å². The van der Waals surface area contributed by atoms with Crippen LogP contribution in [0, 0.1) is 0 Å². The summed E-state index contributed by atoms with van der Waals surface area (Å²) in [6.45, 7) is 11.0. The number of methoxy groups -OCH3 is 1. The Hall–Kier alpha value is 0.117. The molecule has 0 amide bonds. The average Bonchev–Trinajstić information content (AvgIpc) is 2.70. The van der Waals surface area contributed by atoms with Gasteiger partial charge < -0.3 is 19.0 Å². The molecule has 1 saturated heterocycles. The van der Waals surface area contributed by atoms with Gasteiger partial charge in [0.05, 0.1) is 0 Å². The van der Waals surface area contributed by atoms with Gasteiger partial charge in [-0.3, -0.25) is 0 Å². The highest BCUT2D eigenvalue weighted by atomic mass is 79.9. The van der Waals surface area contributed by atoms with Crippen LogP contribution in [-0.2, 0) is 13.9 Å². The molecule has 1 N–H and O–H groups in total. The zero-order chi connectivity index (χ0) is 15.3. The lowest BCUT2D eigenvalue weighted by molar-refractivity contribution is -0.117. The average molecular weight is 365 g/mol. The summed E-state index contributed by atoms with van der Waals surface area (Å²) in [5, 5.41) is 10.8. The van der Waals surface area contributed by atoms with Crippen LogP contribution in [0.4, 0.5) is 0 Å². The first-order valence-corrected chi connectivity index (χ1v) is 10.7. The molecule has 0 spiro atoms. The van der Waals surface area contributed by atoms with E-state index in [0.717, 1.165) is 10.2 Å². The molecule has 20 heavy (non-hydrogen) atoms. The molecule has 2 rings (SSSR count). The fourth-order valence-corrected chi connectivity index (χ4v) is 4.38. The third-order valence-corrected chi connectivity index (χ3v) is 9.71. The molecule has 0 saturated carbocycles. The molecular formula is C14H25BrO4Si. The second kappa shape index (κ2) is 5.09. The van der Waals surface area contributed by atoms with Gasteiger partial charge in [-0.1, -0.05) is 36.7 Å². The monoisotopic (exact) mass is 364 g/mol. The minimum absolute atomic E-state index is 0.104. The quantitative estimate of drug-likeness (QED) is 0.778. The summed E-state index contributed by atoms with van der Waals surface area (Å²) in [4.78, 5) is 0. The van der Waals surface area contributed by atoms with Gasteiger partial charge in [0.2, 0.25) is 8.32 Å². The number of rotatable bonds is 3. The van der Waals surface area contributed by atoms with Gasteiger partial charge in [-0.05, 0) is 18.1 Å². The zero-order valence-electron chi connectivity index (χ0n) is 13.1. The first kappa shape index (κ1) is 16.5. The van der Waals surface area contributed by atoms with E-state index in [0.29, 0.717) is 12.8 Å². The third-order valence-electron chi connectivity index (χ3n) is 4.70. The van der Waals surface area contributed by atoms with Crippen molar-refractivity contribution in [2.45, 2.75) is 69.7 Å². The van der Waals surface area contributed by atoms with Gasteiger partial charge in [0.1, 0.15) is 17.5 Å². The van der Waals surface area contributed by atoms with Crippen molar-refractivity contribution in [1.29, 1.82) is 0 Å². The van der Waals surface area contributed by atoms with Crippen LogP contribution >= 0.6 is 15.9 Å². The Labute approximate surface area is 130 Å². The normalized spacial score (nSPS) is 34.6. The van der Waals surface area contributed by atoms with E-state index in [-0.39, 0.29) is 11.3 Å². The molecule has 3 atom stereocenters. The van der Waals surface area contributed by atoms with Gasteiger partial charge in [-0.2, -0.15) is 0 Å². The van der Waals surface area contributed by atoms with Crippen LogP contribution in [0.15, 0.2) is 10.2 Å². The summed E-state index contributed by atoms with van der Waals surface area (Å²) >= 11 is 3.55. The van der Waals surface area contributed by atoms with E-state index in [4.69, 9.17) is 13.9 Å². The van der Waals surface area contributed by atoms with Gasteiger partial charge >= 0.3 is 0 Å². The summed E-state index contributed by atoms with van der Waals surface area (Å²) in [5.41, 5.74) is -0.906. The van der Waals surface area contributed by atoms with Crippen LogP contribution in [0.25, 0.3) is 0 Å². The van der Waals surface area contributed by atoms with Gasteiger partial charge in [-0.15, -0.1) is 0 Å². The second-order valence-electron chi connectivity index (χ2n) is 7.30. The van der Waals surface area contributed by atoms with Crippen molar-refractivity contribution < 1.29 is 19.0 Å². The Morgan fingerprint density at radius 2 is 2.00 bits per heavy atom. The Kier molecular flexibility index (Phi) is 4.19. The lowest BCUT2D eigenvalue weighted by atomic mass is 9.97. The van der Waals surface area contributed by atoms with E-state index in [1.807, 2.05) is 0 Å². The van der Waals surface area contributed by atoms with E-state index in [9.17, 15) is 5.11 Å². The SMILES string of the molecule is CO[C@H]1C[C@@]2(O)CC(Br)=C(O[Si](C)(C)C(C)(C)C)[C@H]2O1. The topological polar surface area (TPSA) is 47.9 Å². The summed E-state index contributed by atoms with van der Waals surface area (Å²) < 4.78 is 18.3. The maximum Gasteiger partial charge on any atom is 0.250 e. The number of aliphatic hydroxyl groups is 1. The number of hydrogen-bond donors (Lipinski definition) is 1. The molecule has 0 bridgehead atoms. The molecule has 0 unspecified atom stereocenters. The summed E-state index contributed by atoms with van der Waals surface area (Å²) in [6, 6.07) is 0. The lowest BCUT2D eigenvalue weighted by Crippen LogP contribution is -2.43. The van der Waals surface area contributed by atoms with Crippen LogP contribution in [0.5, 0.6) is 0 Å². The van der Waals surface area contributed by atoms with Crippen molar-refractivity contribution in [3.63, 3.8) is 0 Å². The molecule has 4 nitrogen and oxygen atoms in total. The van der Waals surface area contributed by atoms with Crippen molar-refractivity contribution in [3.05, 3.63) is 10.2 Å². The highest BCUT2D eigenvalue weighted by molar-refractivity contribution is 9.11. The van der Waals surface area contributed by atoms with Crippen LogP contribution < -0.4 is 0 Å². The summed E-state index contributed by atoms with van der Waals surface area (Å²) in [6.07, 6.45) is 0.231. The Morgan fingerprint density at radius 1 is 1.40 bits per heavy atom. The first-order chi connectivity index (χ1) is 9.00. The van der Waals surface area contributed by atoms with Crippen molar-refractivity contribution >= 4 is 24.2 Å². The van der Waals surface area contributed by atoms with E-state index in [1.165, 1.54) is 0 Å². The van der Waals surface area contributed by atoms with E-state index < -0.39 is 20.0 Å². The Bertz CT molecular complexity index is 429. The Morgan fingerprint density at radius 3 is 2.50 bits per heavy atom. The van der Waals surface area contributed by atoms with E-state index in [1.54, 1.807) is 7.11 Å². The number of fused-ring (bicyclic) bond motifs is 1. The molecule has 1 aliphatic carbocycles. The largest absolute Gasteiger partial charge is 0.544 e. The maximum atomic E-state index is 10.7. The van der Waals surface area contributed by atoms with Crippen LogP contribution in [0.3, 0.4) is 0 Å². The zero-order valence-corrected chi connectivity index (χ0v) is 15.7. The van der Waals surface area contributed by atoms with Gasteiger partial charge in [0.15, 0.2) is 6.29 Å². The highest BCUT2D eigenvalue weighted by Crippen LogP contribution is 2.50. The molecular weight excluding hydrogens is 340 g/mol. The minimum atomic E-state index is -1.96. The van der Waals surface area contributed by atoms with Gasteiger partial charge in [0, 0.05) is 24.4 Å². The third kappa shape index (κ3) is 2.73. The Balaban J connectivity index is 2.22. The number of halogens is 1. The molecule has 116 valence electrons. The van der Waals surface area contributed by atoms with Gasteiger partial charge in [-0.25, -0.2) is 0 Å². The van der Waals surface area contributed by atoms with E-state index >= 15 is 0 Å².